The zero-order valence-electron chi connectivity index (χ0n) is 39.1. The highest BCUT2D eigenvalue weighted by atomic mass is 16.2. The summed E-state index contributed by atoms with van der Waals surface area (Å²) in [6.07, 6.45) is 52.0. The lowest BCUT2D eigenvalue weighted by atomic mass is 10.0. The molecule has 2 nitrogen and oxygen atoms in total. The molecule has 0 saturated carbocycles. The van der Waals surface area contributed by atoms with Crippen molar-refractivity contribution in [2.24, 2.45) is 0 Å². The Morgan fingerprint density at radius 1 is 0.368 bits per heavy atom. The minimum atomic E-state index is 0.148. The van der Waals surface area contributed by atoms with Gasteiger partial charge in [0.2, 0.25) is 0 Å². The number of aliphatic hydroxyl groups is 1. The molecule has 0 fully saturated rings. The third kappa shape index (κ3) is 36.9. The van der Waals surface area contributed by atoms with Gasteiger partial charge in [0.15, 0.2) is 0 Å². The fraction of sp³-hybridized carbons (Fsp3) is 0.600. The summed E-state index contributed by atoms with van der Waals surface area (Å²) in [7, 11) is 0. The van der Waals surface area contributed by atoms with Crippen molar-refractivity contribution in [3.05, 3.63) is 116 Å². The maximum Gasteiger partial charge on any atom is 0.0614 e. The first-order valence-corrected chi connectivity index (χ1v) is 22.7. The van der Waals surface area contributed by atoms with Gasteiger partial charge in [0.25, 0.3) is 0 Å². The van der Waals surface area contributed by atoms with Gasteiger partial charge >= 0.3 is 0 Å². The highest BCUT2D eigenvalue weighted by Crippen LogP contribution is 2.18. The Labute approximate surface area is 355 Å². The summed E-state index contributed by atoms with van der Waals surface area (Å²) in [5.74, 6) is 2.63. The molecule has 0 saturated heterocycles. The molecule has 0 radical (unpaired) electrons. The average molecular weight is 780 g/mol. The lowest BCUT2D eigenvalue weighted by molar-refractivity contribution is 0.341. The smallest absolute Gasteiger partial charge is 0.0614 e. The number of aliphatic hydroxyl groups excluding tert-OH is 1. The van der Waals surface area contributed by atoms with E-state index in [0.717, 1.165) is 109 Å². The van der Waals surface area contributed by atoms with Gasteiger partial charge in [-0.2, -0.15) is 0 Å². The van der Waals surface area contributed by atoms with Crippen LogP contribution in [0.4, 0.5) is 0 Å². The fourth-order valence-corrected chi connectivity index (χ4v) is 6.75. The normalized spacial score (nSPS) is 14.8. The Hall–Kier alpha value is -3.12. The quantitative estimate of drug-likeness (QED) is 0.0395. The molecule has 2 N–H and O–H groups in total. The van der Waals surface area contributed by atoms with Gasteiger partial charge in [-0.15, -0.1) is 6.42 Å². The molecule has 0 aliphatic heterocycles. The van der Waals surface area contributed by atoms with Crippen LogP contribution in [0.2, 0.25) is 0 Å². The fourth-order valence-electron chi connectivity index (χ4n) is 6.75. The van der Waals surface area contributed by atoms with E-state index in [-0.39, 0.29) is 6.61 Å². The number of allylic oxidation sites excluding steroid dienone is 19. The van der Waals surface area contributed by atoms with Gasteiger partial charge in [-0.3, -0.25) is 0 Å². The molecule has 2 heteroatoms. The molecule has 0 atom stereocenters. The third-order valence-electron chi connectivity index (χ3n) is 10.9. The first kappa shape index (κ1) is 53.9. The maximum absolute atomic E-state index is 8.99. The van der Waals surface area contributed by atoms with Crippen LogP contribution in [0.25, 0.3) is 0 Å². The summed E-state index contributed by atoms with van der Waals surface area (Å²) in [4.78, 5) is 0. The molecule has 0 aliphatic rings. The van der Waals surface area contributed by atoms with Crippen molar-refractivity contribution in [3.8, 4) is 12.3 Å². The predicted molar refractivity (Wildman–Crippen MR) is 259 cm³/mol. The molecule has 0 aromatic carbocycles. The maximum atomic E-state index is 8.99. The number of hydrogen-bond acceptors (Lipinski definition) is 2. The van der Waals surface area contributed by atoms with Crippen LogP contribution in [0.1, 0.15) is 198 Å². The number of rotatable bonds is 33. The topological polar surface area (TPSA) is 32.3 Å². The van der Waals surface area contributed by atoms with Crippen LogP contribution >= 0.6 is 0 Å². The van der Waals surface area contributed by atoms with E-state index in [0.29, 0.717) is 6.54 Å². The summed E-state index contributed by atoms with van der Waals surface area (Å²) in [6, 6.07) is 0. The van der Waals surface area contributed by atoms with Crippen LogP contribution in [0.5, 0.6) is 0 Å². The summed E-state index contributed by atoms with van der Waals surface area (Å²) < 4.78 is 0. The van der Waals surface area contributed by atoms with E-state index >= 15 is 0 Å². The monoisotopic (exact) mass is 780 g/mol. The Morgan fingerprint density at radius 3 is 0.789 bits per heavy atom. The summed E-state index contributed by atoms with van der Waals surface area (Å²) in [5.41, 5.74) is 14.9. The molecule has 0 spiro atoms. The number of terminal acetylenes is 1. The number of hydrogen-bond donors (Lipinski definition) is 2. The van der Waals surface area contributed by atoms with Crippen molar-refractivity contribution < 1.29 is 5.11 Å². The standard InChI is InChI=1S/C55H89NO/c1-12-43-56-44-22-41-54(10)39-20-37-52(8)35-18-33-50(6)31-16-29-48(4)27-14-25-46(2)23-13-24-47(3)26-15-28-49(5)30-17-32-51(7)34-19-36-53(9)38-21-40-55(11)42-45-57/h1,23,26-27,30-31,34-35,38-39,42,56-57H,13-22,24-25,28-29,32-33,36-37,40-41,43-45H2,2-11H3/b46-23-,47-26-,48-27-,49-30-,50-31+,51-34-,52-35+,53-38-,54-39+,55-42-. The van der Waals surface area contributed by atoms with Crippen molar-refractivity contribution in [1.82, 2.24) is 5.32 Å². The zero-order chi connectivity index (χ0) is 42.5. The molecular formula is C55H89NO. The van der Waals surface area contributed by atoms with Crippen LogP contribution in [-0.2, 0) is 0 Å². The van der Waals surface area contributed by atoms with E-state index in [1.807, 2.05) is 6.08 Å². The second-order valence-electron chi connectivity index (χ2n) is 17.0. The van der Waals surface area contributed by atoms with E-state index in [9.17, 15) is 0 Å². The number of nitrogens with one attached hydrogen (secondary N) is 1. The highest BCUT2D eigenvalue weighted by Gasteiger charge is 1.98. The average Bonchev–Trinajstić information content (AvgIpc) is 3.15. The first-order chi connectivity index (χ1) is 27.4. The van der Waals surface area contributed by atoms with Crippen molar-refractivity contribution >= 4 is 0 Å². The molecule has 0 aliphatic carbocycles. The van der Waals surface area contributed by atoms with Gasteiger partial charge in [0.1, 0.15) is 0 Å². The molecular weight excluding hydrogens is 691 g/mol. The van der Waals surface area contributed by atoms with E-state index in [1.165, 1.54) is 81.4 Å². The molecule has 0 heterocycles. The third-order valence-corrected chi connectivity index (χ3v) is 10.9. The van der Waals surface area contributed by atoms with Crippen LogP contribution in [0.15, 0.2) is 116 Å². The summed E-state index contributed by atoms with van der Waals surface area (Å²) in [5, 5.41) is 12.3. The lowest BCUT2D eigenvalue weighted by Gasteiger charge is -2.04. The second kappa shape index (κ2) is 37.2. The second-order valence-corrected chi connectivity index (χ2v) is 17.0. The lowest BCUT2D eigenvalue weighted by Crippen LogP contribution is -2.14. The van der Waals surface area contributed by atoms with Crippen molar-refractivity contribution in [3.63, 3.8) is 0 Å². The summed E-state index contributed by atoms with van der Waals surface area (Å²) in [6.45, 7) is 24.5. The molecule has 0 amide bonds. The van der Waals surface area contributed by atoms with Gasteiger partial charge in [0.05, 0.1) is 13.2 Å². The van der Waals surface area contributed by atoms with Crippen LogP contribution in [-0.4, -0.2) is 24.8 Å². The highest BCUT2D eigenvalue weighted by molar-refractivity contribution is 5.11. The van der Waals surface area contributed by atoms with Gasteiger partial charge in [0, 0.05) is 0 Å². The van der Waals surface area contributed by atoms with E-state index in [1.54, 1.807) is 0 Å². The predicted octanol–water partition coefficient (Wildman–Crippen LogP) is 16.5. The Morgan fingerprint density at radius 2 is 0.579 bits per heavy atom. The Bertz CT molecular complexity index is 1440. The first-order valence-electron chi connectivity index (χ1n) is 22.7. The molecule has 0 aromatic rings. The van der Waals surface area contributed by atoms with Crippen LogP contribution < -0.4 is 5.32 Å². The summed E-state index contributed by atoms with van der Waals surface area (Å²) >= 11 is 0. The molecule has 0 bridgehead atoms. The molecule has 0 rings (SSSR count). The van der Waals surface area contributed by atoms with Crippen molar-refractivity contribution in [1.29, 1.82) is 0 Å². The minimum Gasteiger partial charge on any atom is -0.392 e. The molecule has 57 heavy (non-hydrogen) atoms. The van der Waals surface area contributed by atoms with Gasteiger partial charge in [-0.1, -0.05) is 122 Å². The minimum absolute atomic E-state index is 0.148. The van der Waals surface area contributed by atoms with Crippen LogP contribution in [0.3, 0.4) is 0 Å². The molecule has 0 aromatic heterocycles. The van der Waals surface area contributed by atoms with E-state index in [2.05, 4.69) is 135 Å². The zero-order valence-corrected chi connectivity index (χ0v) is 39.1. The van der Waals surface area contributed by atoms with Crippen molar-refractivity contribution in [2.45, 2.75) is 198 Å². The van der Waals surface area contributed by atoms with E-state index in [4.69, 9.17) is 11.5 Å². The Balaban J connectivity index is 4.24. The Kier molecular flexibility index (Phi) is 35.1. The van der Waals surface area contributed by atoms with Gasteiger partial charge in [-0.25, -0.2) is 0 Å². The largest absolute Gasteiger partial charge is 0.392 e. The van der Waals surface area contributed by atoms with Gasteiger partial charge in [-0.05, 0) is 204 Å². The van der Waals surface area contributed by atoms with Crippen molar-refractivity contribution in [2.75, 3.05) is 19.7 Å². The SMILES string of the molecule is C#CCNCCC/C(C)=C/CC/C(C)=C/CC/C(C)=C/CC/C(C)=C\CC/C(C)=C\CC/C(C)=C\CC/C(C)=C\CC/C(C)=C\CC/C(C)=C\CC/C(C)=C\CO. The molecule has 320 valence electrons. The van der Waals surface area contributed by atoms with E-state index < -0.39 is 0 Å². The van der Waals surface area contributed by atoms with Crippen LogP contribution in [0, 0.1) is 12.3 Å². The molecule has 0 unspecified atom stereocenters. The van der Waals surface area contributed by atoms with Gasteiger partial charge < -0.3 is 10.4 Å².